The number of benzene rings is 3. The standard InChI is InChI=1S/C21H14N4O4/c26-20(15-9-6-10-16(13-15)25(27)28)22-18-12-5-4-11-17(18)21-23-19(24-29-21)14-7-2-1-3-8-14/h1-13H,(H,22,26). The van der Waals surface area contributed by atoms with Gasteiger partial charge in [0.15, 0.2) is 0 Å². The van der Waals surface area contributed by atoms with Crippen molar-refractivity contribution in [3.05, 3.63) is 94.5 Å². The van der Waals surface area contributed by atoms with Gasteiger partial charge in [-0.15, -0.1) is 0 Å². The molecule has 29 heavy (non-hydrogen) atoms. The summed E-state index contributed by atoms with van der Waals surface area (Å²) in [7, 11) is 0. The molecule has 3 aromatic carbocycles. The third-order valence-corrected chi connectivity index (χ3v) is 4.18. The van der Waals surface area contributed by atoms with Crippen LogP contribution in [0, 0.1) is 10.1 Å². The molecule has 0 bridgehead atoms. The molecule has 0 saturated carbocycles. The minimum absolute atomic E-state index is 0.157. The van der Waals surface area contributed by atoms with Gasteiger partial charge in [-0.25, -0.2) is 0 Å². The van der Waals surface area contributed by atoms with Gasteiger partial charge < -0.3 is 9.84 Å². The maximum atomic E-state index is 12.6. The summed E-state index contributed by atoms with van der Waals surface area (Å²) in [6.07, 6.45) is 0. The van der Waals surface area contributed by atoms with Crippen LogP contribution in [0.25, 0.3) is 22.8 Å². The highest BCUT2D eigenvalue weighted by molar-refractivity contribution is 6.06. The lowest BCUT2D eigenvalue weighted by Gasteiger charge is -2.08. The first-order valence-electron chi connectivity index (χ1n) is 8.66. The molecule has 0 aliphatic heterocycles. The van der Waals surface area contributed by atoms with E-state index in [-0.39, 0.29) is 17.1 Å². The number of nitro groups is 1. The number of aromatic nitrogens is 2. The monoisotopic (exact) mass is 386 g/mol. The number of hydrogen-bond donors (Lipinski definition) is 1. The zero-order chi connectivity index (χ0) is 20.2. The van der Waals surface area contributed by atoms with Crippen molar-refractivity contribution in [1.29, 1.82) is 0 Å². The number of nitrogens with one attached hydrogen (secondary N) is 1. The summed E-state index contributed by atoms with van der Waals surface area (Å²) >= 11 is 0. The highest BCUT2D eigenvalue weighted by atomic mass is 16.6. The van der Waals surface area contributed by atoms with Crippen LogP contribution in [-0.2, 0) is 0 Å². The van der Waals surface area contributed by atoms with Gasteiger partial charge in [0.05, 0.1) is 16.2 Å². The molecular formula is C21H14N4O4. The second kappa shape index (κ2) is 7.73. The molecular weight excluding hydrogens is 372 g/mol. The first kappa shape index (κ1) is 18.1. The van der Waals surface area contributed by atoms with Crippen molar-refractivity contribution < 1.29 is 14.2 Å². The Balaban J connectivity index is 1.63. The molecule has 1 aromatic heterocycles. The second-order valence-electron chi connectivity index (χ2n) is 6.10. The molecule has 8 heteroatoms. The van der Waals surface area contributed by atoms with E-state index in [1.54, 1.807) is 24.3 Å². The van der Waals surface area contributed by atoms with Crippen molar-refractivity contribution in [2.45, 2.75) is 0 Å². The van der Waals surface area contributed by atoms with E-state index in [2.05, 4.69) is 15.5 Å². The summed E-state index contributed by atoms with van der Waals surface area (Å²) in [5.74, 6) is 0.197. The number of nitrogens with zero attached hydrogens (tertiary/aromatic N) is 3. The number of amides is 1. The molecule has 1 N–H and O–H groups in total. The fourth-order valence-corrected chi connectivity index (χ4v) is 2.77. The van der Waals surface area contributed by atoms with Gasteiger partial charge in [-0.05, 0) is 18.2 Å². The Hall–Kier alpha value is -4.33. The average Bonchev–Trinajstić information content (AvgIpc) is 3.25. The van der Waals surface area contributed by atoms with E-state index in [1.807, 2.05) is 30.3 Å². The summed E-state index contributed by atoms with van der Waals surface area (Å²) in [6.45, 7) is 0. The minimum atomic E-state index is -0.547. The first-order valence-corrected chi connectivity index (χ1v) is 8.66. The van der Waals surface area contributed by atoms with Crippen molar-refractivity contribution in [3.8, 4) is 22.8 Å². The minimum Gasteiger partial charge on any atom is -0.334 e. The predicted octanol–water partition coefficient (Wildman–Crippen LogP) is 4.56. The normalized spacial score (nSPS) is 10.5. The Labute approximate surface area is 165 Å². The Morgan fingerprint density at radius 2 is 1.72 bits per heavy atom. The van der Waals surface area contributed by atoms with Crippen LogP contribution < -0.4 is 5.32 Å². The highest BCUT2D eigenvalue weighted by Crippen LogP contribution is 2.29. The quantitative estimate of drug-likeness (QED) is 0.397. The molecule has 0 aliphatic rings. The molecule has 8 nitrogen and oxygen atoms in total. The lowest BCUT2D eigenvalue weighted by atomic mass is 10.1. The van der Waals surface area contributed by atoms with Crippen molar-refractivity contribution in [2.75, 3.05) is 5.32 Å². The van der Waals surface area contributed by atoms with E-state index in [4.69, 9.17) is 4.52 Å². The SMILES string of the molecule is O=C(Nc1ccccc1-c1nc(-c2ccccc2)no1)c1cccc([N+](=O)[O-])c1. The highest BCUT2D eigenvalue weighted by Gasteiger charge is 2.17. The zero-order valence-corrected chi connectivity index (χ0v) is 15.0. The molecule has 4 rings (SSSR count). The lowest BCUT2D eigenvalue weighted by molar-refractivity contribution is -0.384. The maximum absolute atomic E-state index is 12.6. The third-order valence-electron chi connectivity index (χ3n) is 4.18. The maximum Gasteiger partial charge on any atom is 0.270 e. The molecule has 0 atom stereocenters. The van der Waals surface area contributed by atoms with Crippen LogP contribution in [0.2, 0.25) is 0 Å². The van der Waals surface area contributed by atoms with Crippen LogP contribution in [0.4, 0.5) is 11.4 Å². The number of non-ortho nitro benzene ring substituents is 1. The van der Waals surface area contributed by atoms with Crippen LogP contribution in [0.3, 0.4) is 0 Å². The summed E-state index contributed by atoms with van der Waals surface area (Å²) in [5.41, 5.74) is 1.81. The zero-order valence-electron chi connectivity index (χ0n) is 15.0. The molecule has 4 aromatic rings. The molecule has 1 heterocycles. The Morgan fingerprint density at radius 1 is 0.966 bits per heavy atom. The summed E-state index contributed by atoms with van der Waals surface area (Å²) in [4.78, 5) is 27.4. The van der Waals surface area contributed by atoms with Crippen LogP contribution in [0.5, 0.6) is 0 Å². The van der Waals surface area contributed by atoms with Gasteiger partial charge in [-0.2, -0.15) is 4.98 Å². The Morgan fingerprint density at radius 3 is 2.52 bits per heavy atom. The van der Waals surface area contributed by atoms with E-state index in [1.165, 1.54) is 24.3 Å². The summed E-state index contributed by atoms with van der Waals surface area (Å²) in [5, 5.41) is 17.7. The number of carbonyl (C=O) groups is 1. The van der Waals surface area contributed by atoms with Crippen molar-refractivity contribution in [2.24, 2.45) is 0 Å². The lowest BCUT2D eigenvalue weighted by Crippen LogP contribution is -2.12. The predicted molar refractivity (Wildman–Crippen MR) is 106 cm³/mol. The topological polar surface area (TPSA) is 111 Å². The number of hydrogen-bond acceptors (Lipinski definition) is 6. The van der Waals surface area contributed by atoms with Gasteiger partial charge in [0.1, 0.15) is 0 Å². The Bertz CT molecular complexity index is 1190. The number of carbonyl (C=O) groups excluding carboxylic acids is 1. The fourth-order valence-electron chi connectivity index (χ4n) is 2.77. The molecule has 0 aliphatic carbocycles. The van der Waals surface area contributed by atoms with Crippen LogP contribution in [-0.4, -0.2) is 21.0 Å². The first-order chi connectivity index (χ1) is 14.1. The molecule has 0 radical (unpaired) electrons. The summed E-state index contributed by atoms with van der Waals surface area (Å²) < 4.78 is 5.38. The fraction of sp³-hybridized carbons (Fsp3) is 0. The van der Waals surface area contributed by atoms with E-state index >= 15 is 0 Å². The van der Waals surface area contributed by atoms with Gasteiger partial charge in [0, 0.05) is 23.3 Å². The Kier molecular flexibility index (Phi) is 4.81. The number of anilines is 1. The average molecular weight is 386 g/mol. The molecule has 0 fully saturated rings. The number of rotatable bonds is 5. The van der Waals surface area contributed by atoms with Crippen LogP contribution >= 0.6 is 0 Å². The summed E-state index contributed by atoms with van der Waals surface area (Å²) in [6, 6.07) is 21.9. The van der Waals surface area contributed by atoms with Gasteiger partial charge in [0.25, 0.3) is 17.5 Å². The smallest absolute Gasteiger partial charge is 0.270 e. The number of para-hydroxylation sites is 1. The van der Waals surface area contributed by atoms with E-state index in [0.29, 0.717) is 17.1 Å². The van der Waals surface area contributed by atoms with E-state index in [0.717, 1.165) is 5.56 Å². The molecule has 0 spiro atoms. The van der Waals surface area contributed by atoms with Gasteiger partial charge >= 0.3 is 0 Å². The van der Waals surface area contributed by atoms with Crippen molar-refractivity contribution in [3.63, 3.8) is 0 Å². The second-order valence-corrected chi connectivity index (χ2v) is 6.10. The molecule has 0 unspecified atom stereocenters. The molecule has 1 amide bonds. The number of nitro benzene ring substituents is 1. The molecule has 0 saturated heterocycles. The van der Waals surface area contributed by atoms with Gasteiger partial charge in [0.2, 0.25) is 5.82 Å². The molecule has 142 valence electrons. The largest absolute Gasteiger partial charge is 0.334 e. The van der Waals surface area contributed by atoms with Crippen molar-refractivity contribution in [1.82, 2.24) is 10.1 Å². The van der Waals surface area contributed by atoms with Crippen LogP contribution in [0.1, 0.15) is 10.4 Å². The van der Waals surface area contributed by atoms with Gasteiger partial charge in [-0.1, -0.05) is 53.7 Å². The third kappa shape index (κ3) is 3.86. The van der Waals surface area contributed by atoms with Crippen LogP contribution in [0.15, 0.2) is 83.4 Å². The van der Waals surface area contributed by atoms with E-state index in [9.17, 15) is 14.9 Å². The van der Waals surface area contributed by atoms with Gasteiger partial charge in [-0.3, -0.25) is 14.9 Å². The van der Waals surface area contributed by atoms with E-state index < -0.39 is 10.8 Å². The van der Waals surface area contributed by atoms with Crippen molar-refractivity contribution >= 4 is 17.3 Å².